The van der Waals surface area contributed by atoms with Crippen LogP contribution < -0.4 is 0 Å². The van der Waals surface area contributed by atoms with Gasteiger partial charge in [-0.15, -0.1) is 0 Å². The molecule has 0 unspecified atom stereocenters. The summed E-state index contributed by atoms with van der Waals surface area (Å²) in [4.78, 5) is 2.41. The monoisotopic (exact) mass is 157 g/mol. The van der Waals surface area contributed by atoms with Crippen molar-refractivity contribution in [1.29, 1.82) is 0 Å². The maximum atomic E-state index is 9.39. The molecule has 0 amide bonds. The summed E-state index contributed by atoms with van der Waals surface area (Å²) in [7, 11) is 0. The zero-order valence-electron chi connectivity index (χ0n) is 7.58. The van der Waals surface area contributed by atoms with Crippen molar-refractivity contribution in [2.24, 2.45) is 0 Å². The molecule has 1 aliphatic heterocycles. The van der Waals surface area contributed by atoms with Gasteiger partial charge in [0, 0.05) is 12.6 Å². The third-order valence-electron chi connectivity index (χ3n) is 2.49. The lowest BCUT2D eigenvalue weighted by Gasteiger charge is -2.21. The van der Waals surface area contributed by atoms with Crippen molar-refractivity contribution in [3.63, 3.8) is 0 Å². The predicted octanol–water partition coefficient (Wildman–Crippen LogP) is 1.24. The van der Waals surface area contributed by atoms with Crippen LogP contribution in [0.5, 0.6) is 0 Å². The van der Waals surface area contributed by atoms with Gasteiger partial charge >= 0.3 is 0 Å². The molecule has 0 saturated carbocycles. The van der Waals surface area contributed by atoms with Crippen molar-refractivity contribution in [2.45, 2.75) is 45.3 Å². The van der Waals surface area contributed by atoms with Crippen LogP contribution in [0.15, 0.2) is 0 Å². The molecule has 1 aliphatic rings. The van der Waals surface area contributed by atoms with Gasteiger partial charge < -0.3 is 5.11 Å². The average Bonchev–Trinajstić information content (AvgIpc) is 2.32. The van der Waals surface area contributed by atoms with Crippen molar-refractivity contribution in [3.05, 3.63) is 0 Å². The van der Waals surface area contributed by atoms with Gasteiger partial charge in [0.25, 0.3) is 0 Å². The first-order valence-electron chi connectivity index (χ1n) is 4.70. The number of β-amino-alcohol motifs (C(OH)–C–C–N with tert-alkyl or cyclic N) is 1. The smallest absolute Gasteiger partial charge is 0.0682 e. The Hall–Kier alpha value is -0.0800. The predicted molar refractivity (Wildman–Crippen MR) is 46.6 cm³/mol. The van der Waals surface area contributed by atoms with Crippen molar-refractivity contribution in [2.75, 3.05) is 13.1 Å². The minimum atomic E-state index is -0.0634. The molecule has 1 N–H and O–H groups in total. The molecule has 1 rings (SSSR count). The lowest BCUT2D eigenvalue weighted by Crippen LogP contribution is -2.29. The highest BCUT2D eigenvalue weighted by Gasteiger charge is 2.28. The summed E-state index contributed by atoms with van der Waals surface area (Å²) in [6.07, 6.45) is 3.29. The summed E-state index contributed by atoms with van der Waals surface area (Å²) in [6.45, 7) is 6.44. The fourth-order valence-electron chi connectivity index (χ4n) is 1.94. The third-order valence-corrected chi connectivity index (χ3v) is 2.49. The fraction of sp³-hybridized carbons (Fsp3) is 1.00. The zero-order valence-corrected chi connectivity index (χ0v) is 7.58. The van der Waals surface area contributed by atoms with Gasteiger partial charge in [-0.25, -0.2) is 0 Å². The lowest BCUT2D eigenvalue weighted by atomic mass is 10.1. The van der Waals surface area contributed by atoms with Crippen LogP contribution in [0.4, 0.5) is 0 Å². The summed E-state index contributed by atoms with van der Waals surface area (Å²) in [5.74, 6) is 0. The van der Waals surface area contributed by atoms with Crippen molar-refractivity contribution in [1.82, 2.24) is 4.90 Å². The van der Waals surface area contributed by atoms with E-state index in [1.807, 2.05) is 0 Å². The van der Waals surface area contributed by atoms with E-state index in [0.717, 1.165) is 19.5 Å². The number of likely N-dealkylation sites (tertiary alicyclic amines) is 1. The maximum absolute atomic E-state index is 9.39. The first-order valence-corrected chi connectivity index (χ1v) is 4.70. The van der Waals surface area contributed by atoms with E-state index in [9.17, 15) is 5.11 Å². The van der Waals surface area contributed by atoms with Gasteiger partial charge in [-0.05, 0) is 25.8 Å². The van der Waals surface area contributed by atoms with Crippen molar-refractivity contribution >= 4 is 0 Å². The first-order chi connectivity index (χ1) is 5.27. The standard InChI is InChI=1S/C9H19NO/c1-3-5-10-7-9(11)6-8(10)4-2/h8-9,11H,3-7H2,1-2H3/t8-,9-/m1/s1. The summed E-state index contributed by atoms with van der Waals surface area (Å²) < 4.78 is 0. The van der Waals surface area contributed by atoms with Crippen LogP contribution in [0.1, 0.15) is 33.1 Å². The van der Waals surface area contributed by atoms with E-state index in [1.165, 1.54) is 12.8 Å². The third kappa shape index (κ3) is 2.17. The molecule has 2 nitrogen and oxygen atoms in total. The Kier molecular flexibility index (Phi) is 3.34. The Bertz CT molecular complexity index is 116. The van der Waals surface area contributed by atoms with Crippen LogP contribution in [-0.2, 0) is 0 Å². The molecule has 0 bridgehead atoms. The summed E-state index contributed by atoms with van der Waals surface area (Å²) >= 11 is 0. The fourth-order valence-corrected chi connectivity index (χ4v) is 1.94. The van der Waals surface area contributed by atoms with E-state index in [-0.39, 0.29) is 6.10 Å². The minimum absolute atomic E-state index is 0.0634. The molecular formula is C9H19NO. The van der Waals surface area contributed by atoms with Crippen molar-refractivity contribution in [3.8, 4) is 0 Å². The summed E-state index contributed by atoms with van der Waals surface area (Å²) in [6, 6.07) is 0.643. The molecule has 1 saturated heterocycles. The normalized spacial score (nSPS) is 33.0. The Morgan fingerprint density at radius 3 is 2.73 bits per heavy atom. The van der Waals surface area contributed by atoms with E-state index in [2.05, 4.69) is 18.7 Å². The minimum Gasteiger partial charge on any atom is -0.392 e. The average molecular weight is 157 g/mol. The van der Waals surface area contributed by atoms with E-state index >= 15 is 0 Å². The van der Waals surface area contributed by atoms with Crippen LogP contribution in [0.25, 0.3) is 0 Å². The SMILES string of the molecule is CCCN1C[C@H](O)C[C@H]1CC. The Labute approximate surface area is 69.2 Å². The highest BCUT2D eigenvalue weighted by molar-refractivity contribution is 4.83. The molecule has 1 heterocycles. The van der Waals surface area contributed by atoms with Crippen LogP contribution >= 0.6 is 0 Å². The molecular weight excluding hydrogens is 138 g/mol. The van der Waals surface area contributed by atoms with Crippen LogP contribution in [0.2, 0.25) is 0 Å². The maximum Gasteiger partial charge on any atom is 0.0682 e. The molecule has 2 heteroatoms. The Morgan fingerprint density at radius 2 is 2.18 bits per heavy atom. The highest BCUT2D eigenvalue weighted by atomic mass is 16.3. The second kappa shape index (κ2) is 4.07. The number of rotatable bonds is 3. The van der Waals surface area contributed by atoms with Gasteiger partial charge in [0.15, 0.2) is 0 Å². The van der Waals surface area contributed by atoms with Gasteiger partial charge in [-0.2, -0.15) is 0 Å². The van der Waals surface area contributed by atoms with Crippen LogP contribution in [-0.4, -0.2) is 35.2 Å². The van der Waals surface area contributed by atoms with E-state index in [1.54, 1.807) is 0 Å². The van der Waals surface area contributed by atoms with E-state index < -0.39 is 0 Å². The van der Waals surface area contributed by atoms with Crippen molar-refractivity contribution < 1.29 is 5.11 Å². The largest absolute Gasteiger partial charge is 0.392 e. The first kappa shape index (κ1) is 9.01. The van der Waals surface area contributed by atoms with Gasteiger partial charge in [0.05, 0.1) is 6.10 Å². The second-order valence-electron chi connectivity index (χ2n) is 3.45. The molecule has 0 aliphatic carbocycles. The van der Waals surface area contributed by atoms with Gasteiger partial charge in [-0.1, -0.05) is 13.8 Å². The van der Waals surface area contributed by atoms with Gasteiger partial charge in [0.2, 0.25) is 0 Å². The van der Waals surface area contributed by atoms with Crippen LogP contribution in [0.3, 0.4) is 0 Å². The quantitative estimate of drug-likeness (QED) is 0.666. The van der Waals surface area contributed by atoms with E-state index in [4.69, 9.17) is 0 Å². The molecule has 0 radical (unpaired) electrons. The lowest BCUT2D eigenvalue weighted by molar-refractivity contribution is 0.175. The number of hydrogen-bond donors (Lipinski definition) is 1. The highest BCUT2D eigenvalue weighted by Crippen LogP contribution is 2.19. The Morgan fingerprint density at radius 1 is 1.45 bits per heavy atom. The molecule has 0 spiro atoms. The zero-order chi connectivity index (χ0) is 8.27. The summed E-state index contributed by atoms with van der Waals surface area (Å²) in [5.41, 5.74) is 0. The number of nitrogens with zero attached hydrogens (tertiary/aromatic N) is 1. The van der Waals surface area contributed by atoms with Gasteiger partial charge in [-0.3, -0.25) is 4.90 Å². The Balaban J connectivity index is 2.37. The topological polar surface area (TPSA) is 23.5 Å². The molecule has 66 valence electrons. The molecule has 0 aromatic rings. The molecule has 1 fully saturated rings. The second-order valence-corrected chi connectivity index (χ2v) is 3.45. The van der Waals surface area contributed by atoms with Crippen LogP contribution in [0, 0.1) is 0 Å². The molecule has 0 aromatic carbocycles. The number of aliphatic hydroxyl groups is 1. The molecule has 2 atom stereocenters. The van der Waals surface area contributed by atoms with Gasteiger partial charge in [0.1, 0.15) is 0 Å². The number of aliphatic hydroxyl groups excluding tert-OH is 1. The molecule has 0 aromatic heterocycles. The summed E-state index contributed by atoms with van der Waals surface area (Å²) in [5, 5.41) is 9.39. The molecule has 11 heavy (non-hydrogen) atoms. The number of hydrogen-bond acceptors (Lipinski definition) is 2. The van der Waals surface area contributed by atoms with E-state index in [0.29, 0.717) is 6.04 Å².